The quantitative estimate of drug-likeness (QED) is 0.819. The van der Waals surface area contributed by atoms with Crippen molar-refractivity contribution in [3.8, 4) is 0 Å². The van der Waals surface area contributed by atoms with Crippen LogP contribution in [0.3, 0.4) is 0 Å². The van der Waals surface area contributed by atoms with E-state index in [0.29, 0.717) is 0 Å². The third-order valence-electron chi connectivity index (χ3n) is 2.33. The molecule has 0 atom stereocenters. The van der Waals surface area contributed by atoms with Crippen LogP contribution in [0.1, 0.15) is 33.1 Å². The van der Waals surface area contributed by atoms with Crippen LogP contribution in [-0.4, -0.2) is 16.1 Å². The zero-order valence-electron chi connectivity index (χ0n) is 8.34. The van der Waals surface area contributed by atoms with E-state index in [1.165, 1.54) is 20.8 Å². The Hall–Kier alpha value is -1.20. The number of halogens is 2. The van der Waals surface area contributed by atoms with Crippen LogP contribution in [0.25, 0.3) is 0 Å². The van der Waals surface area contributed by atoms with E-state index in [-0.39, 0.29) is 18.3 Å². The monoisotopic (exact) mass is 205 g/mol. The molecular weight excluding hydrogens is 192 g/mol. The van der Waals surface area contributed by atoms with Gasteiger partial charge in [-0.05, 0) is 13.8 Å². The van der Waals surface area contributed by atoms with E-state index < -0.39 is 11.3 Å². The lowest BCUT2D eigenvalue weighted by atomic mass is 9.84. The smallest absolute Gasteiger partial charge is 0.312 e. The molecule has 0 radical (unpaired) electrons. The molecule has 0 bridgehead atoms. The maximum Gasteiger partial charge on any atom is 0.312 e. The van der Waals surface area contributed by atoms with E-state index in [9.17, 15) is 8.78 Å². The molecule has 14 heavy (non-hydrogen) atoms. The van der Waals surface area contributed by atoms with E-state index in [0.717, 1.165) is 0 Å². The number of rotatable bonds is 3. The average molecular weight is 205 g/mol. The minimum absolute atomic E-state index is 0.137. The number of anilines is 1. The fourth-order valence-electron chi connectivity index (χ4n) is 1.09. The Morgan fingerprint density at radius 2 is 1.93 bits per heavy atom. The predicted octanol–water partition coefficient (Wildman–Crippen LogP) is 1.97. The number of nitrogens with zero attached hydrogens (tertiary/aromatic N) is 2. The zero-order valence-corrected chi connectivity index (χ0v) is 8.34. The van der Waals surface area contributed by atoms with Crippen LogP contribution < -0.4 is 5.73 Å². The topological polar surface area (TPSA) is 64.9 Å². The molecular formula is C8H13F2N3O. The summed E-state index contributed by atoms with van der Waals surface area (Å²) in [4.78, 5) is 0. The summed E-state index contributed by atoms with van der Waals surface area (Å²) in [7, 11) is 0. The van der Waals surface area contributed by atoms with Gasteiger partial charge in [0.25, 0.3) is 5.92 Å². The van der Waals surface area contributed by atoms with E-state index >= 15 is 0 Å². The van der Waals surface area contributed by atoms with Gasteiger partial charge in [-0.3, -0.25) is 0 Å². The molecule has 1 aromatic heterocycles. The molecule has 0 fully saturated rings. The molecule has 0 spiro atoms. The molecule has 1 aromatic rings. The Labute approximate surface area is 80.5 Å². The van der Waals surface area contributed by atoms with Gasteiger partial charge in [-0.2, -0.15) is 0 Å². The minimum atomic E-state index is -2.90. The van der Waals surface area contributed by atoms with Gasteiger partial charge in [-0.25, -0.2) is 8.78 Å². The van der Waals surface area contributed by atoms with Crippen molar-refractivity contribution in [2.75, 3.05) is 5.73 Å². The fraction of sp³-hybridized carbons (Fsp3) is 0.750. The summed E-state index contributed by atoms with van der Waals surface area (Å²) in [5.74, 6) is -3.03. The van der Waals surface area contributed by atoms with Gasteiger partial charge in [0.1, 0.15) is 5.41 Å². The largest absolute Gasteiger partial charge is 0.407 e. The van der Waals surface area contributed by atoms with Crippen molar-refractivity contribution in [3.05, 3.63) is 5.89 Å². The molecule has 0 unspecified atom stereocenters. The number of nitrogen functional groups attached to an aromatic ring is 1. The molecule has 1 heterocycles. The molecule has 80 valence electrons. The molecule has 6 heteroatoms. The van der Waals surface area contributed by atoms with Gasteiger partial charge in [0.05, 0.1) is 0 Å². The van der Waals surface area contributed by atoms with E-state index in [1.54, 1.807) is 0 Å². The molecule has 0 aliphatic carbocycles. The van der Waals surface area contributed by atoms with E-state index in [1.807, 2.05) is 0 Å². The average Bonchev–Trinajstić information content (AvgIpc) is 2.52. The highest BCUT2D eigenvalue weighted by molar-refractivity contribution is 5.13. The summed E-state index contributed by atoms with van der Waals surface area (Å²) in [5.41, 5.74) is 3.68. The Balaban J connectivity index is 3.07. The van der Waals surface area contributed by atoms with Gasteiger partial charge in [0, 0.05) is 6.42 Å². The standard InChI is InChI=1S/C8H13F2N3O/c1-4-8(9,10)7(2,3)5-12-13-6(11)14-5/h4H2,1-3H3,(H2,11,13). The van der Waals surface area contributed by atoms with Crippen molar-refractivity contribution < 1.29 is 13.2 Å². The molecule has 2 N–H and O–H groups in total. The van der Waals surface area contributed by atoms with Crippen molar-refractivity contribution in [2.45, 2.75) is 38.5 Å². The van der Waals surface area contributed by atoms with Crippen molar-refractivity contribution >= 4 is 6.01 Å². The normalized spacial score (nSPS) is 13.2. The summed E-state index contributed by atoms with van der Waals surface area (Å²) < 4.78 is 31.7. The second kappa shape index (κ2) is 3.18. The van der Waals surface area contributed by atoms with Crippen molar-refractivity contribution in [1.82, 2.24) is 10.2 Å². The third kappa shape index (κ3) is 1.56. The van der Waals surface area contributed by atoms with Crippen molar-refractivity contribution in [3.63, 3.8) is 0 Å². The third-order valence-corrected chi connectivity index (χ3v) is 2.33. The summed E-state index contributed by atoms with van der Waals surface area (Å²) in [6.45, 7) is 4.11. The highest BCUT2D eigenvalue weighted by atomic mass is 19.3. The van der Waals surface area contributed by atoms with Crippen LogP contribution in [0.2, 0.25) is 0 Å². The van der Waals surface area contributed by atoms with E-state index in [4.69, 9.17) is 10.2 Å². The molecule has 0 amide bonds. The molecule has 4 nitrogen and oxygen atoms in total. The van der Waals surface area contributed by atoms with Gasteiger partial charge in [0.15, 0.2) is 0 Å². The van der Waals surface area contributed by atoms with Crippen LogP contribution in [0.5, 0.6) is 0 Å². The molecule has 0 aliphatic heterocycles. The highest BCUT2D eigenvalue weighted by Gasteiger charge is 2.49. The van der Waals surface area contributed by atoms with Crippen LogP contribution in [0, 0.1) is 0 Å². The fourth-order valence-corrected chi connectivity index (χ4v) is 1.09. The second-order valence-corrected chi connectivity index (χ2v) is 3.63. The van der Waals surface area contributed by atoms with Gasteiger partial charge >= 0.3 is 6.01 Å². The lowest BCUT2D eigenvalue weighted by molar-refractivity contribution is -0.0772. The number of hydrogen-bond donors (Lipinski definition) is 1. The maximum absolute atomic E-state index is 13.5. The Morgan fingerprint density at radius 1 is 1.36 bits per heavy atom. The number of alkyl halides is 2. The Morgan fingerprint density at radius 3 is 2.29 bits per heavy atom. The van der Waals surface area contributed by atoms with Gasteiger partial charge in [-0.1, -0.05) is 12.0 Å². The first-order valence-corrected chi connectivity index (χ1v) is 4.28. The van der Waals surface area contributed by atoms with Crippen LogP contribution >= 0.6 is 0 Å². The molecule has 0 aliphatic rings. The van der Waals surface area contributed by atoms with Crippen LogP contribution in [-0.2, 0) is 5.41 Å². The first-order chi connectivity index (χ1) is 6.31. The Bertz CT molecular complexity index is 322. The van der Waals surface area contributed by atoms with Crippen LogP contribution in [0.15, 0.2) is 4.42 Å². The lowest BCUT2D eigenvalue weighted by Gasteiger charge is -2.29. The second-order valence-electron chi connectivity index (χ2n) is 3.63. The van der Waals surface area contributed by atoms with Crippen molar-refractivity contribution in [2.24, 2.45) is 0 Å². The molecule has 0 aromatic carbocycles. The summed E-state index contributed by atoms with van der Waals surface area (Å²) in [6, 6.07) is -0.194. The summed E-state index contributed by atoms with van der Waals surface area (Å²) >= 11 is 0. The van der Waals surface area contributed by atoms with Crippen molar-refractivity contribution in [1.29, 1.82) is 0 Å². The molecule has 0 saturated heterocycles. The first-order valence-electron chi connectivity index (χ1n) is 4.28. The SMILES string of the molecule is CCC(F)(F)C(C)(C)c1nnc(N)o1. The Kier molecular flexibility index (Phi) is 2.47. The number of hydrogen-bond acceptors (Lipinski definition) is 4. The first kappa shape index (κ1) is 10.9. The maximum atomic E-state index is 13.5. The van der Waals surface area contributed by atoms with Crippen LogP contribution in [0.4, 0.5) is 14.8 Å². The number of aromatic nitrogens is 2. The van der Waals surface area contributed by atoms with E-state index in [2.05, 4.69) is 10.2 Å². The summed E-state index contributed by atoms with van der Waals surface area (Å²) in [6.07, 6.45) is -0.289. The summed E-state index contributed by atoms with van der Waals surface area (Å²) in [5, 5.41) is 6.84. The van der Waals surface area contributed by atoms with Gasteiger partial charge in [-0.15, -0.1) is 5.10 Å². The molecule has 1 rings (SSSR count). The van der Waals surface area contributed by atoms with Gasteiger partial charge < -0.3 is 10.2 Å². The lowest BCUT2D eigenvalue weighted by Crippen LogP contribution is -2.40. The predicted molar refractivity (Wildman–Crippen MR) is 47.0 cm³/mol. The molecule has 0 saturated carbocycles. The van der Waals surface area contributed by atoms with Gasteiger partial charge in [0.2, 0.25) is 5.89 Å². The zero-order chi connectivity index (χ0) is 11.0. The number of nitrogens with two attached hydrogens (primary N) is 1. The highest BCUT2D eigenvalue weighted by Crippen LogP contribution is 2.40. The minimum Gasteiger partial charge on any atom is -0.407 e.